The van der Waals surface area contributed by atoms with E-state index in [9.17, 15) is 14.0 Å². The number of benzene rings is 2. The lowest BCUT2D eigenvalue weighted by Gasteiger charge is -2.30. The highest BCUT2D eigenvalue weighted by Crippen LogP contribution is 2.17. The van der Waals surface area contributed by atoms with Gasteiger partial charge in [-0.1, -0.05) is 42.5 Å². The fourth-order valence-electron chi connectivity index (χ4n) is 4.07. The van der Waals surface area contributed by atoms with Gasteiger partial charge in [-0.2, -0.15) is 0 Å². The molecular weight excluding hydrogens is 369 g/mol. The summed E-state index contributed by atoms with van der Waals surface area (Å²) in [5, 5.41) is 0. The Balaban J connectivity index is 1.71. The molecule has 5 nitrogen and oxygen atoms in total. The van der Waals surface area contributed by atoms with E-state index in [1.54, 1.807) is 16.7 Å². The van der Waals surface area contributed by atoms with Gasteiger partial charge in [0.1, 0.15) is 5.82 Å². The van der Waals surface area contributed by atoms with Gasteiger partial charge in [-0.15, -0.1) is 0 Å². The van der Waals surface area contributed by atoms with Crippen LogP contribution < -0.4 is 11.2 Å². The van der Waals surface area contributed by atoms with Crippen LogP contribution >= 0.6 is 0 Å². The summed E-state index contributed by atoms with van der Waals surface area (Å²) in [7, 11) is 0. The Labute approximate surface area is 168 Å². The summed E-state index contributed by atoms with van der Waals surface area (Å²) in [6.45, 7) is 4.55. The molecule has 2 heterocycles. The van der Waals surface area contributed by atoms with Gasteiger partial charge in [0.05, 0.1) is 12.1 Å². The van der Waals surface area contributed by atoms with Gasteiger partial charge in [-0.05, 0) is 30.2 Å². The first kappa shape index (κ1) is 19.3. The molecule has 29 heavy (non-hydrogen) atoms. The molecule has 0 aliphatic carbocycles. The summed E-state index contributed by atoms with van der Waals surface area (Å²) in [4.78, 5) is 28.4. The first-order chi connectivity index (χ1) is 14.1. The maximum absolute atomic E-state index is 13.6. The Kier molecular flexibility index (Phi) is 5.45. The summed E-state index contributed by atoms with van der Waals surface area (Å²) >= 11 is 0. The SMILES string of the molecule is CCn1c2c(c(=O)n(Cc3cccc(F)c3)c1=O)CN(Cc1ccccc1)CC2. The fraction of sp³-hybridized carbons (Fsp3) is 0.304. The molecule has 0 atom stereocenters. The molecule has 1 aliphatic rings. The molecule has 0 fully saturated rings. The van der Waals surface area contributed by atoms with Crippen molar-refractivity contribution in [1.82, 2.24) is 14.0 Å². The van der Waals surface area contributed by atoms with Gasteiger partial charge in [0.2, 0.25) is 0 Å². The van der Waals surface area contributed by atoms with E-state index in [1.807, 2.05) is 25.1 Å². The zero-order valence-corrected chi connectivity index (χ0v) is 16.5. The fourth-order valence-corrected chi connectivity index (χ4v) is 4.07. The highest BCUT2D eigenvalue weighted by molar-refractivity contribution is 5.24. The highest BCUT2D eigenvalue weighted by Gasteiger charge is 2.25. The smallest absolute Gasteiger partial charge is 0.297 e. The minimum Gasteiger partial charge on any atom is -0.297 e. The summed E-state index contributed by atoms with van der Waals surface area (Å²) in [6, 6.07) is 16.2. The normalized spacial score (nSPS) is 14.0. The molecule has 0 saturated heterocycles. The Morgan fingerprint density at radius 3 is 2.41 bits per heavy atom. The van der Waals surface area contributed by atoms with Crippen LogP contribution in [0.2, 0.25) is 0 Å². The molecule has 0 spiro atoms. The first-order valence-corrected chi connectivity index (χ1v) is 9.93. The van der Waals surface area contributed by atoms with E-state index in [2.05, 4.69) is 17.0 Å². The number of halogens is 1. The van der Waals surface area contributed by atoms with Crippen molar-refractivity contribution in [3.8, 4) is 0 Å². The van der Waals surface area contributed by atoms with Crippen LogP contribution in [0.1, 0.15) is 29.3 Å². The van der Waals surface area contributed by atoms with Gasteiger partial charge in [0.15, 0.2) is 0 Å². The molecule has 3 aromatic rings. The quantitative estimate of drug-likeness (QED) is 0.670. The van der Waals surface area contributed by atoms with Crippen molar-refractivity contribution >= 4 is 0 Å². The van der Waals surface area contributed by atoms with Crippen LogP contribution in [0.25, 0.3) is 0 Å². The van der Waals surface area contributed by atoms with Crippen molar-refractivity contribution in [2.45, 2.75) is 39.5 Å². The largest absolute Gasteiger partial charge is 0.331 e. The van der Waals surface area contributed by atoms with Gasteiger partial charge in [-0.25, -0.2) is 9.18 Å². The third-order valence-electron chi connectivity index (χ3n) is 5.48. The van der Waals surface area contributed by atoms with Gasteiger partial charge < -0.3 is 0 Å². The Morgan fingerprint density at radius 1 is 0.931 bits per heavy atom. The highest BCUT2D eigenvalue weighted by atomic mass is 19.1. The molecule has 0 saturated carbocycles. The second-order valence-corrected chi connectivity index (χ2v) is 7.42. The minimum absolute atomic E-state index is 0.0708. The van der Waals surface area contributed by atoms with Crippen molar-refractivity contribution < 1.29 is 4.39 Å². The predicted octanol–water partition coefficient (Wildman–Crippen LogP) is 2.78. The van der Waals surface area contributed by atoms with Crippen LogP contribution in [0, 0.1) is 5.82 Å². The van der Waals surface area contributed by atoms with Crippen LogP contribution in [0.15, 0.2) is 64.2 Å². The van der Waals surface area contributed by atoms with Crippen LogP contribution in [-0.2, 0) is 32.6 Å². The second-order valence-electron chi connectivity index (χ2n) is 7.42. The third-order valence-corrected chi connectivity index (χ3v) is 5.48. The molecule has 150 valence electrons. The van der Waals surface area contributed by atoms with Crippen LogP contribution in [0.5, 0.6) is 0 Å². The van der Waals surface area contributed by atoms with Crippen molar-refractivity contribution in [3.05, 3.63) is 104 Å². The number of nitrogens with zero attached hydrogens (tertiary/aromatic N) is 3. The van der Waals surface area contributed by atoms with Crippen molar-refractivity contribution in [2.75, 3.05) is 6.54 Å². The van der Waals surface area contributed by atoms with E-state index in [-0.39, 0.29) is 23.6 Å². The summed E-state index contributed by atoms with van der Waals surface area (Å²) < 4.78 is 16.5. The molecule has 1 aromatic heterocycles. The number of rotatable bonds is 5. The lowest BCUT2D eigenvalue weighted by Crippen LogP contribution is -2.47. The molecule has 2 aromatic carbocycles. The molecular formula is C23H24FN3O2. The van der Waals surface area contributed by atoms with Crippen LogP contribution in [0.3, 0.4) is 0 Å². The van der Waals surface area contributed by atoms with Crippen LogP contribution in [-0.4, -0.2) is 20.6 Å². The van der Waals surface area contributed by atoms with E-state index in [0.29, 0.717) is 30.6 Å². The standard InChI is InChI=1S/C23H24FN3O2/c1-2-26-21-11-12-25(14-17-7-4-3-5-8-17)16-20(21)22(28)27(23(26)29)15-18-9-6-10-19(24)13-18/h3-10,13H,2,11-12,14-16H2,1H3. The Bertz CT molecular complexity index is 1140. The lowest BCUT2D eigenvalue weighted by molar-refractivity contribution is 0.236. The average molecular weight is 393 g/mol. The van der Waals surface area contributed by atoms with E-state index in [1.165, 1.54) is 22.3 Å². The van der Waals surface area contributed by atoms with E-state index in [4.69, 9.17) is 0 Å². The Morgan fingerprint density at radius 2 is 1.69 bits per heavy atom. The molecule has 0 radical (unpaired) electrons. The van der Waals surface area contributed by atoms with E-state index >= 15 is 0 Å². The third kappa shape index (κ3) is 3.93. The van der Waals surface area contributed by atoms with Gasteiger partial charge >= 0.3 is 5.69 Å². The molecule has 4 rings (SSSR count). The lowest BCUT2D eigenvalue weighted by atomic mass is 10.0. The van der Waals surface area contributed by atoms with E-state index in [0.717, 1.165) is 18.8 Å². The molecule has 1 aliphatic heterocycles. The van der Waals surface area contributed by atoms with Crippen molar-refractivity contribution in [1.29, 1.82) is 0 Å². The molecule has 0 amide bonds. The van der Waals surface area contributed by atoms with Crippen molar-refractivity contribution in [2.24, 2.45) is 0 Å². The maximum Gasteiger partial charge on any atom is 0.331 e. The van der Waals surface area contributed by atoms with Gasteiger partial charge in [0.25, 0.3) is 5.56 Å². The molecule has 0 bridgehead atoms. The Hall–Kier alpha value is -2.99. The van der Waals surface area contributed by atoms with Crippen LogP contribution in [0.4, 0.5) is 4.39 Å². The second kappa shape index (κ2) is 8.17. The first-order valence-electron chi connectivity index (χ1n) is 9.93. The maximum atomic E-state index is 13.6. The summed E-state index contributed by atoms with van der Waals surface area (Å²) in [5.74, 6) is -0.377. The summed E-state index contributed by atoms with van der Waals surface area (Å²) in [5.41, 5.74) is 2.71. The molecule has 0 unspecified atom stereocenters. The zero-order chi connectivity index (χ0) is 20.4. The number of hydrogen-bond acceptors (Lipinski definition) is 3. The molecule has 0 N–H and O–H groups in total. The zero-order valence-electron chi connectivity index (χ0n) is 16.5. The summed E-state index contributed by atoms with van der Waals surface area (Å²) in [6.07, 6.45) is 0.668. The molecule has 6 heteroatoms. The number of fused-ring (bicyclic) bond motifs is 1. The van der Waals surface area contributed by atoms with Gasteiger partial charge in [-0.3, -0.25) is 18.8 Å². The topological polar surface area (TPSA) is 47.2 Å². The minimum atomic E-state index is -0.377. The monoisotopic (exact) mass is 393 g/mol. The average Bonchev–Trinajstić information content (AvgIpc) is 2.73. The van der Waals surface area contributed by atoms with Crippen molar-refractivity contribution in [3.63, 3.8) is 0 Å². The predicted molar refractivity (Wildman–Crippen MR) is 110 cm³/mol. The number of aromatic nitrogens is 2. The van der Waals surface area contributed by atoms with Gasteiger partial charge in [0, 0.05) is 38.3 Å². The van der Waals surface area contributed by atoms with E-state index < -0.39 is 0 Å². The number of hydrogen-bond donors (Lipinski definition) is 0.